The van der Waals surface area contributed by atoms with Crippen molar-refractivity contribution in [3.05, 3.63) is 52.6 Å². The highest BCUT2D eigenvalue weighted by Gasteiger charge is 2.23. The van der Waals surface area contributed by atoms with E-state index in [1.54, 1.807) is 14.2 Å². The van der Waals surface area contributed by atoms with Crippen LogP contribution in [0.25, 0.3) is 0 Å². The van der Waals surface area contributed by atoms with Gasteiger partial charge < -0.3 is 9.47 Å². The minimum atomic E-state index is -3.59. The fourth-order valence-electron chi connectivity index (χ4n) is 3.25. The molecule has 0 radical (unpaired) electrons. The Morgan fingerprint density at radius 2 is 1.50 bits per heavy atom. The van der Waals surface area contributed by atoms with Crippen LogP contribution in [0.3, 0.4) is 0 Å². The summed E-state index contributed by atoms with van der Waals surface area (Å²) < 4.78 is 39.0. The fraction of sp³-hybridized carbons (Fsp3) is 0.455. The normalized spacial score (nSPS) is 12.1. The Balaban J connectivity index is 2.17. The standard InChI is InChI=1S/C22H31NO4S/c1-15-12-18(22(3,4)5)13-16(2)21(15)28(24,25)23-11-10-17-8-9-19(26-6)20(14-17)27-7/h8-9,12-14,23H,10-11H2,1-7H3. The van der Waals surface area contributed by atoms with E-state index in [0.717, 1.165) is 22.3 Å². The zero-order valence-corrected chi connectivity index (χ0v) is 18.7. The Morgan fingerprint density at radius 3 is 2.00 bits per heavy atom. The number of sulfonamides is 1. The van der Waals surface area contributed by atoms with Gasteiger partial charge in [0.15, 0.2) is 11.5 Å². The van der Waals surface area contributed by atoms with Gasteiger partial charge in [0, 0.05) is 6.54 Å². The number of hydrogen-bond acceptors (Lipinski definition) is 4. The second kappa shape index (κ2) is 8.53. The third-order valence-corrected chi connectivity index (χ3v) is 6.51. The first-order valence-corrected chi connectivity index (χ1v) is 10.8. The Bertz CT molecular complexity index is 920. The van der Waals surface area contributed by atoms with E-state index >= 15 is 0 Å². The van der Waals surface area contributed by atoms with E-state index in [1.807, 2.05) is 44.2 Å². The number of rotatable bonds is 7. The van der Waals surface area contributed by atoms with Crippen LogP contribution in [0.4, 0.5) is 0 Å². The summed E-state index contributed by atoms with van der Waals surface area (Å²) in [6.07, 6.45) is 0.553. The van der Waals surface area contributed by atoms with Crippen molar-refractivity contribution in [2.75, 3.05) is 20.8 Å². The van der Waals surface area contributed by atoms with Gasteiger partial charge in [0.05, 0.1) is 19.1 Å². The van der Waals surface area contributed by atoms with E-state index in [2.05, 4.69) is 25.5 Å². The van der Waals surface area contributed by atoms with Gasteiger partial charge in [0.25, 0.3) is 0 Å². The highest BCUT2D eigenvalue weighted by atomic mass is 32.2. The first-order chi connectivity index (χ1) is 13.0. The summed E-state index contributed by atoms with van der Waals surface area (Å²) in [7, 11) is -0.423. The van der Waals surface area contributed by atoms with Crippen molar-refractivity contribution in [1.29, 1.82) is 0 Å². The molecule has 2 rings (SSSR count). The predicted octanol–water partition coefficient (Wildman–Crippen LogP) is 4.14. The second-order valence-electron chi connectivity index (χ2n) is 8.03. The van der Waals surface area contributed by atoms with Gasteiger partial charge in [0.1, 0.15) is 0 Å². The smallest absolute Gasteiger partial charge is 0.241 e. The van der Waals surface area contributed by atoms with Crippen molar-refractivity contribution < 1.29 is 17.9 Å². The molecule has 6 heteroatoms. The second-order valence-corrected chi connectivity index (χ2v) is 9.73. The molecule has 0 spiro atoms. The van der Waals surface area contributed by atoms with Crippen molar-refractivity contribution in [1.82, 2.24) is 4.72 Å². The highest BCUT2D eigenvalue weighted by molar-refractivity contribution is 7.89. The van der Waals surface area contributed by atoms with Gasteiger partial charge in [-0.05, 0) is 60.1 Å². The minimum absolute atomic E-state index is 0.0291. The molecule has 2 aromatic rings. The van der Waals surface area contributed by atoms with Crippen LogP contribution in [0.2, 0.25) is 0 Å². The molecule has 5 nitrogen and oxygen atoms in total. The molecule has 0 aliphatic carbocycles. The van der Waals surface area contributed by atoms with Crippen LogP contribution in [0.1, 0.15) is 43.0 Å². The maximum atomic E-state index is 12.9. The van der Waals surface area contributed by atoms with E-state index < -0.39 is 10.0 Å². The number of aryl methyl sites for hydroxylation is 2. The molecule has 0 aliphatic rings. The zero-order chi connectivity index (χ0) is 21.1. The Kier molecular flexibility index (Phi) is 6.78. The molecule has 0 heterocycles. The lowest BCUT2D eigenvalue weighted by atomic mass is 9.85. The van der Waals surface area contributed by atoms with E-state index in [9.17, 15) is 8.42 Å². The van der Waals surface area contributed by atoms with Crippen molar-refractivity contribution in [3.63, 3.8) is 0 Å². The SMILES string of the molecule is COc1ccc(CCNS(=O)(=O)c2c(C)cc(C(C)(C)C)cc2C)cc1OC. The third-order valence-electron chi connectivity index (χ3n) is 4.75. The van der Waals surface area contributed by atoms with Crippen molar-refractivity contribution in [2.24, 2.45) is 0 Å². The summed E-state index contributed by atoms with van der Waals surface area (Å²) >= 11 is 0. The van der Waals surface area contributed by atoms with Crippen LogP contribution in [0.15, 0.2) is 35.2 Å². The average molecular weight is 406 g/mol. The van der Waals surface area contributed by atoms with Crippen LogP contribution in [-0.2, 0) is 21.9 Å². The molecule has 0 unspecified atom stereocenters. The van der Waals surface area contributed by atoms with Crippen LogP contribution >= 0.6 is 0 Å². The number of benzene rings is 2. The first-order valence-electron chi connectivity index (χ1n) is 9.32. The lowest BCUT2D eigenvalue weighted by Gasteiger charge is -2.22. The molecule has 0 bridgehead atoms. The largest absolute Gasteiger partial charge is 0.493 e. The van der Waals surface area contributed by atoms with Crippen LogP contribution in [-0.4, -0.2) is 29.2 Å². The molecule has 154 valence electrons. The Hall–Kier alpha value is -2.05. The van der Waals surface area contributed by atoms with Gasteiger partial charge in [-0.25, -0.2) is 13.1 Å². The first kappa shape index (κ1) is 22.2. The summed E-state index contributed by atoms with van der Waals surface area (Å²) in [5.41, 5.74) is 3.61. The topological polar surface area (TPSA) is 64.6 Å². The molecule has 0 fully saturated rings. The number of hydrogen-bond donors (Lipinski definition) is 1. The lowest BCUT2D eigenvalue weighted by Crippen LogP contribution is -2.27. The average Bonchev–Trinajstić information content (AvgIpc) is 2.59. The highest BCUT2D eigenvalue weighted by Crippen LogP contribution is 2.30. The summed E-state index contributed by atoms with van der Waals surface area (Å²) in [6.45, 7) is 10.4. The molecule has 28 heavy (non-hydrogen) atoms. The minimum Gasteiger partial charge on any atom is -0.493 e. The Labute approximate surface area is 169 Å². The molecule has 0 atom stereocenters. The summed E-state index contributed by atoms with van der Waals surface area (Å²) in [5.74, 6) is 1.28. The molecule has 2 aromatic carbocycles. The molecule has 0 saturated carbocycles. The quantitative estimate of drug-likeness (QED) is 0.752. The number of nitrogens with one attached hydrogen (secondary N) is 1. The van der Waals surface area contributed by atoms with Crippen molar-refractivity contribution in [3.8, 4) is 11.5 Å². The van der Waals surface area contributed by atoms with Gasteiger partial charge in [-0.15, -0.1) is 0 Å². The zero-order valence-electron chi connectivity index (χ0n) is 17.8. The third kappa shape index (κ3) is 5.06. The summed E-state index contributed by atoms with van der Waals surface area (Å²) in [6, 6.07) is 9.53. The molecule has 0 aromatic heterocycles. The number of methoxy groups -OCH3 is 2. The van der Waals surface area contributed by atoms with Crippen molar-refractivity contribution in [2.45, 2.75) is 51.3 Å². The van der Waals surface area contributed by atoms with Gasteiger partial charge in [-0.3, -0.25) is 0 Å². The van der Waals surface area contributed by atoms with E-state index in [1.165, 1.54) is 0 Å². The van der Waals surface area contributed by atoms with Gasteiger partial charge in [0.2, 0.25) is 10.0 Å². The van der Waals surface area contributed by atoms with Crippen LogP contribution < -0.4 is 14.2 Å². The fourth-order valence-corrected chi connectivity index (χ4v) is 4.73. The van der Waals surface area contributed by atoms with Crippen molar-refractivity contribution >= 4 is 10.0 Å². The maximum Gasteiger partial charge on any atom is 0.241 e. The van der Waals surface area contributed by atoms with Gasteiger partial charge in [-0.2, -0.15) is 0 Å². The molecule has 0 saturated heterocycles. The van der Waals surface area contributed by atoms with E-state index in [-0.39, 0.29) is 5.41 Å². The summed E-state index contributed by atoms with van der Waals surface area (Å²) in [4.78, 5) is 0.368. The lowest BCUT2D eigenvalue weighted by molar-refractivity contribution is 0.354. The molecular weight excluding hydrogens is 374 g/mol. The molecule has 0 amide bonds. The van der Waals surface area contributed by atoms with E-state index in [4.69, 9.17) is 9.47 Å². The van der Waals surface area contributed by atoms with Crippen LogP contribution in [0.5, 0.6) is 11.5 Å². The Morgan fingerprint density at radius 1 is 0.929 bits per heavy atom. The molecular formula is C22H31NO4S. The molecule has 0 aliphatic heterocycles. The van der Waals surface area contributed by atoms with Gasteiger partial charge in [-0.1, -0.05) is 39.0 Å². The number of ether oxygens (including phenoxy) is 2. The summed E-state index contributed by atoms with van der Waals surface area (Å²) in [5, 5.41) is 0. The van der Waals surface area contributed by atoms with E-state index in [0.29, 0.717) is 29.4 Å². The maximum absolute atomic E-state index is 12.9. The van der Waals surface area contributed by atoms with Gasteiger partial charge >= 0.3 is 0 Å². The van der Waals surface area contributed by atoms with Crippen LogP contribution in [0, 0.1) is 13.8 Å². The molecule has 1 N–H and O–H groups in total. The monoisotopic (exact) mass is 405 g/mol. The predicted molar refractivity (Wildman–Crippen MR) is 113 cm³/mol.